The molecule has 0 heterocycles. The number of rotatable bonds is 2. The Kier molecular flexibility index (Phi) is 3.67. The summed E-state index contributed by atoms with van der Waals surface area (Å²) in [5, 5.41) is 0.953. The van der Waals surface area contributed by atoms with Crippen LogP contribution in [0.5, 0.6) is 0 Å². The van der Waals surface area contributed by atoms with Gasteiger partial charge in [0.1, 0.15) is 5.82 Å². The van der Waals surface area contributed by atoms with Crippen LogP contribution in [-0.2, 0) is 6.54 Å². The van der Waals surface area contributed by atoms with Gasteiger partial charge in [-0.15, -0.1) is 0 Å². The fourth-order valence-corrected chi connectivity index (χ4v) is 2.12. The fraction of sp³-hybridized carbons (Fsp3) is 0.0769. The summed E-state index contributed by atoms with van der Waals surface area (Å²) in [7, 11) is 0. The highest BCUT2D eigenvalue weighted by Crippen LogP contribution is 2.32. The van der Waals surface area contributed by atoms with Crippen molar-refractivity contribution < 1.29 is 4.39 Å². The molecule has 4 heteroatoms. The van der Waals surface area contributed by atoms with Crippen LogP contribution < -0.4 is 5.73 Å². The molecule has 2 N–H and O–H groups in total. The van der Waals surface area contributed by atoms with Crippen molar-refractivity contribution in [1.29, 1.82) is 0 Å². The van der Waals surface area contributed by atoms with Gasteiger partial charge in [0.25, 0.3) is 0 Å². The van der Waals surface area contributed by atoms with Crippen molar-refractivity contribution in [3.8, 4) is 11.1 Å². The Bertz CT molecular complexity index is 555. The fourth-order valence-electron chi connectivity index (χ4n) is 1.61. The van der Waals surface area contributed by atoms with E-state index in [4.69, 9.17) is 28.9 Å². The van der Waals surface area contributed by atoms with Crippen LogP contribution in [0.4, 0.5) is 4.39 Å². The zero-order chi connectivity index (χ0) is 12.4. The molecule has 0 aliphatic rings. The van der Waals surface area contributed by atoms with Gasteiger partial charge in [-0.2, -0.15) is 0 Å². The predicted octanol–water partition coefficient (Wildman–Crippen LogP) is 4.26. The molecule has 0 spiro atoms. The molecule has 0 amide bonds. The maximum Gasteiger partial charge on any atom is 0.131 e. The molecular formula is C13H10Cl2FN. The molecule has 0 aliphatic carbocycles. The molecule has 0 bridgehead atoms. The molecule has 88 valence electrons. The first-order chi connectivity index (χ1) is 8.11. The minimum atomic E-state index is -0.336. The first kappa shape index (κ1) is 12.4. The monoisotopic (exact) mass is 269 g/mol. The van der Waals surface area contributed by atoms with Crippen molar-refractivity contribution in [2.75, 3.05) is 0 Å². The van der Waals surface area contributed by atoms with Gasteiger partial charge in [-0.05, 0) is 23.8 Å². The smallest absolute Gasteiger partial charge is 0.131 e. The topological polar surface area (TPSA) is 26.0 Å². The number of benzene rings is 2. The molecule has 0 unspecified atom stereocenters. The molecule has 0 aliphatic heterocycles. The SMILES string of the molecule is NCc1ccc(-c2ccc(Cl)cc2Cl)c(F)c1. The van der Waals surface area contributed by atoms with Gasteiger partial charge >= 0.3 is 0 Å². The van der Waals surface area contributed by atoms with Crippen LogP contribution in [0.2, 0.25) is 10.0 Å². The van der Waals surface area contributed by atoms with Crippen molar-refractivity contribution in [1.82, 2.24) is 0 Å². The van der Waals surface area contributed by atoms with Crippen LogP contribution in [0.15, 0.2) is 36.4 Å². The first-order valence-corrected chi connectivity index (χ1v) is 5.81. The largest absolute Gasteiger partial charge is 0.326 e. The second-order valence-electron chi connectivity index (χ2n) is 3.64. The molecule has 1 nitrogen and oxygen atoms in total. The molecule has 0 atom stereocenters. The Morgan fingerprint density at radius 1 is 1.00 bits per heavy atom. The summed E-state index contributed by atoms with van der Waals surface area (Å²) >= 11 is 11.8. The summed E-state index contributed by atoms with van der Waals surface area (Å²) in [6.45, 7) is 0.311. The average molecular weight is 270 g/mol. The second-order valence-corrected chi connectivity index (χ2v) is 4.49. The molecule has 0 saturated carbocycles. The maximum atomic E-state index is 13.9. The third-order valence-electron chi connectivity index (χ3n) is 2.49. The maximum absolute atomic E-state index is 13.9. The number of hydrogen-bond donors (Lipinski definition) is 1. The molecule has 0 saturated heterocycles. The highest BCUT2D eigenvalue weighted by molar-refractivity contribution is 6.36. The second kappa shape index (κ2) is 5.05. The van der Waals surface area contributed by atoms with Gasteiger partial charge in [0, 0.05) is 27.7 Å². The van der Waals surface area contributed by atoms with E-state index < -0.39 is 0 Å². The lowest BCUT2D eigenvalue weighted by Crippen LogP contribution is -1.97. The molecule has 2 rings (SSSR count). The van der Waals surface area contributed by atoms with Gasteiger partial charge in [0.05, 0.1) is 0 Å². The lowest BCUT2D eigenvalue weighted by Gasteiger charge is -2.07. The van der Waals surface area contributed by atoms with Crippen LogP contribution >= 0.6 is 23.2 Å². The van der Waals surface area contributed by atoms with E-state index in [1.54, 1.807) is 30.3 Å². The highest BCUT2D eigenvalue weighted by Gasteiger charge is 2.09. The van der Waals surface area contributed by atoms with Gasteiger partial charge in [0.2, 0.25) is 0 Å². The van der Waals surface area contributed by atoms with E-state index in [0.717, 1.165) is 5.56 Å². The standard InChI is InChI=1S/C13H10Cl2FN/c14-9-2-4-10(12(15)6-9)11-3-1-8(7-17)5-13(11)16/h1-6H,7,17H2. The van der Waals surface area contributed by atoms with E-state index in [1.165, 1.54) is 6.07 Å². The summed E-state index contributed by atoms with van der Waals surface area (Å²) in [6.07, 6.45) is 0. The quantitative estimate of drug-likeness (QED) is 0.866. The zero-order valence-corrected chi connectivity index (χ0v) is 10.4. The summed E-state index contributed by atoms with van der Waals surface area (Å²) < 4.78 is 13.9. The summed E-state index contributed by atoms with van der Waals surface area (Å²) in [5.41, 5.74) is 7.26. The van der Waals surface area contributed by atoms with Gasteiger partial charge in [-0.1, -0.05) is 41.4 Å². The Balaban J connectivity index is 2.53. The van der Waals surface area contributed by atoms with E-state index in [2.05, 4.69) is 0 Å². The Hall–Kier alpha value is -1.09. The molecule has 0 fully saturated rings. The van der Waals surface area contributed by atoms with Crippen LogP contribution in [0.25, 0.3) is 11.1 Å². The molecule has 0 radical (unpaired) electrons. The van der Waals surface area contributed by atoms with Crippen LogP contribution in [-0.4, -0.2) is 0 Å². The Morgan fingerprint density at radius 2 is 1.71 bits per heavy atom. The number of halogens is 3. The third-order valence-corrected chi connectivity index (χ3v) is 3.04. The van der Waals surface area contributed by atoms with Crippen molar-refractivity contribution in [2.45, 2.75) is 6.54 Å². The third kappa shape index (κ3) is 2.60. The van der Waals surface area contributed by atoms with Gasteiger partial charge in [-0.3, -0.25) is 0 Å². The van der Waals surface area contributed by atoms with Crippen molar-refractivity contribution >= 4 is 23.2 Å². The van der Waals surface area contributed by atoms with E-state index in [1.807, 2.05) is 0 Å². The van der Waals surface area contributed by atoms with Gasteiger partial charge < -0.3 is 5.73 Å². The van der Waals surface area contributed by atoms with Crippen LogP contribution in [0.1, 0.15) is 5.56 Å². The lowest BCUT2D eigenvalue weighted by molar-refractivity contribution is 0.629. The molecular weight excluding hydrogens is 260 g/mol. The van der Waals surface area contributed by atoms with Crippen LogP contribution in [0, 0.1) is 5.82 Å². The van der Waals surface area contributed by atoms with Crippen molar-refractivity contribution in [3.63, 3.8) is 0 Å². The lowest BCUT2D eigenvalue weighted by atomic mass is 10.0. The summed E-state index contributed by atoms with van der Waals surface area (Å²) in [5.74, 6) is -0.336. The minimum absolute atomic E-state index is 0.311. The van der Waals surface area contributed by atoms with Gasteiger partial charge in [-0.25, -0.2) is 4.39 Å². The highest BCUT2D eigenvalue weighted by atomic mass is 35.5. The van der Waals surface area contributed by atoms with Crippen molar-refractivity contribution in [2.24, 2.45) is 5.73 Å². The van der Waals surface area contributed by atoms with Crippen LogP contribution in [0.3, 0.4) is 0 Å². The molecule has 2 aromatic carbocycles. The van der Waals surface area contributed by atoms with Gasteiger partial charge in [0.15, 0.2) is 0 Å². The van der Waals surface area contributed by atoms with E-state index in [0.29, 0.717) is 27.7 Å². The average Bonchev–Trinajstić information content (AvgIpc) is 2.30. The molecule has 0 aromatic heterocycles. The van der Waals surface area contributed by atoms with Crippen molar-refractivity contribution in [3.05, 3.63) is 57.8 Å². The Labute approximate surface area is 109 Å². The van der Waals surface area contributed by atoms with E-state index in [9.17, 15) is 4.39 Å². The first-order valence-electron chi connectivity index (χ1n) is 5.05. The predicted molar refractivity (Wildman–Crippen MR) is 69.7 cm³/mol. The Morgan fingerprint density at radius 3 is 2.29 bits per heavy atom. The summed E-state index contributed by atoms with van der Waals surface area (Å²) in [6, 6.07) is 9.84. The summed E-state index contributed by atoms with van der Waals surface area (Å²) in [4.78, 5) is 0. The number of hydrogen-bond acceptors (Lipinski definition) is 1. The van der Waals surface area contributed by atoms with E-state index >= 15 is 0 Å². The molecule has 17 heavy (non-hydrogen) atoms. The number of nitrogens with two attached hydrogens (primary N) is 1. The normalized spacial score (nSPS) is 10.6. The minimum Gasteiger partial charge on any atom is -0.326 e. The van der Waals surface area contributed by atoms with E-state index in [-0.39, 0.29) is 5.82 Å². The molecule has 2 aromatic rings. The zero-order valence-electron chi connectivity index (χ0n) is 8.88.